The smallest absolute Gasteiger partial charge is 0.322 e. The second-order valence-electron chi connectivity index (χ2n) is 6.61. The molecule has 2 saturated heterocycles. The zero-order valence-electron chi connectivity index (χ0n) is 15.3. The molecule has 1 atom stereocenters. The van der Waals surface area contributed by atoms with Gasteiger partial charge in [0.15, 0.2) is 4.34 Å². The molecule has 0 spiro atoms. The predicted octanol–water partition coefficient (Wildman–Crippen LogP) is 2.16. The quantitative estimate of drug-likeness (QED) is 0.718. The maximum atomic E-state index is 12.3. The molecule has 0 radical (unpaired) electrons. The van der Waals surface area contributed by atoms with Crippen LogP contribution in [-0.2, 0) is 14.3 Å². The van der Waals surface area contributed by atoms with E-state index in [0.29, 0.717) is 45.3 Å². The molecule has 28 heavy (non-hydrogen) atoms. The summed E-state index contributed by atoms with van der Waals surface area (Å²) in [5, 5.41) is 5.91. The zero-order chi connectivity index (χ0) is 19.3. The lowest BCUT2D eigenvalue weighted by Gasteiger charge is -2.26. The van der Waals surface area contributed by atoms with Crippen molar-refractivity contribution in [1.29, 1.82) is 0 Å². The number of morpholine rings is 1. The topological polar surface area (TPSA) is 92.8 Å². The fraction of sp³-hybridized carbons (Fsp3) is 0.500. The van der Waals surface area contributed by atoms with Gasteiger partial charge in [-0.25, -0.2) is 9.78 Å². The molecule has 3 heterocycles. The molecule has 0 aliphatic carbocycles. The van der Waals surface area contributed by atoms with Gasteiger partial charge in [-0.05, 0) is 24.6 Å². The van der Waals surface area contributed by atoms with Crippen LogP contribution in [0.5, 0.6) is 0 Å². The molecular formula is C18H22N4O4S2. The molecule has 0 unspecified atom stereocenters. The van der Waals surface area contributed by atoms with Crippen LogP contribution >= 0.6 is 23.1 Å². The maximum absolute atomic E-state index is 12.3. The number of urea groups is 1. The molecule has 2 aliphatic rings. The van der Waals surface area contributed by atoms with Crippen LogP contribution in [0.15, 0.2) is 22.5 Å². The lowest BCUT2D eigenvalue weighted by molar-refractivity contribution is -0.119. The maximum Gasteiger partial charge on any atom is 0.322 e. The minimum atomic E-state index is -0.116. The Bertz CT molecular complexity index is 847. The number of aromatic nitrogens is 1. The van der Waals surface area contributed by atoms with Crippen molar-refractivity contribution in [3.8, 4) is 0 Å². The molecular weight excluding hydrogens is 400 g/mol. The second kappa shape index (κ2) is 9.08. The van der Waals surface area contributed by atoms with Crippen molar-refractivity contribution in [2.75, 3.05) is 50.6 Å². The number of carbonyl (C=O) groups excluding carboxylic acids is 2. The van der Waals surface area contributed by atoms with E-state index in [1.54, 1.807) is 4.90 Å². The van der Waals surface area contributed by atoms with Crippen LogP contribution in [0.2, 0.25) is 0 Å². The lowest BCUT2D eigenvalue weighted by Crippen LogP contribution is -2.43. The highest BCUT2D eigenvalue weighted by Gasteiger charge is 2.19. The van der Waals surface area contributed by atoms with Gasteiger partial charge >= 0.3 is 6.03 Å². The molecule has 10 heteroatoms. The van der Waals surface area contributed by atoms with Crippen LogP contribution in [0.25, 0.3) is 10.2 Å². The predicted molar refractivity (Wildman–Crippen MR) is 109 cm³/mol. The number of nitrogens with one attached hydrogen (secondary N) is 2. The standard InChI is InChI=1S/C18H22N4O4S2/c23-16(19-13-3-6-26-10-13)11-27-18-21-14-2-1-12(9-15(14)28-18)20-17(24)22-4-7-25-8-5-22/h1-2,9,13H,3-8,10-11H2,(H,19,23)(H,20,24)/t13-/m1/s1. The number of anilines is 1. The first kappa shape index (κ1) is 19.4. The summed E-state index contributed by atoms with van der Waals surface area (Å²) in [5.41, 5.74) is 1.60. The van der Waals surface area contributed by atoms with E-state index >= 15 is 0 Å². The van der Waals surface area contributed by atoms with Gasteiger partial charge in [0, 0.05) is 25.4 Å². The van der Waals surface area contributed by atoms with Gasteiger partial charge < -0.3 is 25.0 Å². The Morgan fingerprint density at radius 1 is 1.25 bits per heavy atom. The fourth-order valence-electron chi connectivity index (χ4n) is 3.06. The Morgan fingerprint density at radius 3 is 2.89 bits per heavy atom. The van der Waals surface area contributed by atoms with Crippen molar-refractivity contribution < 1.29 is 19.1 Å². The summed E-state index contributed by atoms with van der Waals surface area (Å²) in [6.45, 7) is 3.65. The summed E-state index contributed by atoms with van der Waals surface area (Å²) in [6, 6.07) is 5.67. The molecule has 0 bridgehead atoms. The molecule has 2 aliphatic heterocycles. The molecule has 2 fully saturated rings. The first-order valence-corrected chi connectivity index (χ1v) is 11.0. The normalized spacial score (nSPS) is 19.7. The van der Waals surface area contributed by atoms with E-state index in [1.807, 2.05) is 18.2 Å². The van der Waals surface area contributed by atoms with E-state index in [9.17, 15) is 9.59 Å². The highest BCUT2D eigenvalue weighted by atomic mass is 32.2. The summed E-state index contributed by atoms with van der Waals surface area (Å²) in [6.07, 6.45) is 0.872. The van der Waals surface area contributed by atoms with Crippen molar-refractivity contribution in [3.63, 3.8) is 0 Å². The van der Waals surface area contributed by atoms with Gasteiger partial charge in [-0.2, -0.15) is 0 Å². The van der Waals surface area contributed by atoms with Crippen LogP contribution in [0.4, 0.5) is 10.5 Å². The summed E-state index contributed by atoms with van der Waals surface area (Å²) in [5.74, 6) is 0.329. The third-order valence-corrected chi connectivity index (χ3v) is 6.70. The number of rotatable bonds is 5. The van der Waals surface area contributed by atoms with Crippen LogP contribution < -0.4 is 10.6 Å². The van der Waals surface area contributed by atoms with Crippen LogP contribution in [0.3, 0.4) is 0 Å². The Hall–Kier alpha value is -1.88. The van der Waals surface area contributed by atoms with Crippen LogP contribution in [-0.4, -0.2) is 73.1 Å². The number of thioether (sulfide) groups is 1. The number of fused-ring (bicyclic) bond motifs is 1. The molecule has 150 valence electrons. The molecule has 0 saturated carbocycles. The van der Waals surface area contributed by atoms with Crippen molar-refractivity contribution in [3.05, 3.63) is 18.2 Å². The summed E-state index contributed by atoms with van der Waals surface area (Å²) in [7, 11) is 0. The first-order valence-electron chi connectivity index (χ1n) is 9.21. The number of thiazole rings is 1. The van der Waals surface area contributed by atoms with Crippen molar-refractivity contribution in [1.82, 2.24) is 15.2 Å². The molecule has 1 aromatic heterocycles. The monoisotopic (exact) mass is 422 g/mol. The van der Waals surface area contributed by atoms with Gasteiger partial charge in [-0.1, -0.05) is 11.8 Å². The average molecular weight is 423 g/mol. The number of hydrogen-bond acceptors (Lipinski definition) is 7. The van der Waals surface area contributed by atoms with Crippen LogP contribution in [0, 0.1) is 0 Å². The van der Waals surface area contributed by atoms with Gasteiger partial charge in [-0.3, -0.25) is 4.79 Å². The van der Waals surface area contributed by atoms with Crippen LogP contribution in [0.1, 0.15) is 6.42 Å². The number of ether oxygens (including phenoxy) is 2. The first-order chi connectivity index (χ1) is 13.7. The Labute approximate surface area is 171 Å². The van der Waals surface area contributed by atoms with Gasteiger partial charge in [0.05, 0.1) is 41.8 Å². The molecule has 2 N–H and O–H groups in total. The van der Waals surface area contributed by atoms with E-state index in [2.05, 4.69) is 15.6 Å². The highest BCUT2D eigenvalue weighted by molar-refractivity contribution is 8.01. The van der Waals surface area contributed by atoms with E-state index < -0.39 is 0 Å². The van der Waals surface area contributed by atoms with E-state index in [1.165, 1.54) is 23.1 Å². The number of nitrogens with zero attached hydrogens (tertiary/aromatic N) is 2. The summed E-state index contributed by atoms with van der Waals surface area (Å²) >= 11 is 2.95. The number of carbonyl (C=O) groups is 2. The average Bonchev–Trinajstić information content (AvgIpc) is 3.36. The van der Waals surface area contributed by atoms with E-state index in [-0.39, 0.29) is 18.0 Å². The van der Waals surface area contributed by atoms with Gasteiger partial charge in [0.2, 0.25) is 5.91 Å². The van der Waals surface area contributed by atoms with Gasteiger partial charge in [0.1, 0.15) is 0 Å². The zero-order valence-corrected chi connectivity index (χ0v) is 16.9. The Balaban J connectivity index is 1.33. The number of hydrogen-bond donors (Lipinski definition) is 2. The highest BCUT2D eigenvalue weighted by Crippen LogP contribution is 2.31. The molecule has 4 rings (SSSR count). The minimum Gasteiger partial charge on any atom is -0.379 e. The molecule has 1 aromatic carbocycles. The summed E-state index contributed by atoms with van der Waals surface area (Å²) in [4.78, 5) is 30.7. The lowest BCUT2D eigenvalue weighted by atomic mass is 10.3. The Morgan fingerprint density at radius 2 is 2.11 bits per heavy atom. The van der Waals surface area contributed by atoms with Crippen molar-refractivity contribution >= 4 is 50.9 Å². The third kappa shape index (κ3) is 4.93. The fourth-order valence-corrected chi connectivity index (χ4v) is 4.98. The van der Waals surface area contributed by atoms with Gasteiger partial charge in [-0.15, -0.1) is 11.3 Å². The summed E-state index contributed by atoms with van der Waals surface area (Å²) < 4.78 is 12.4. The number of amides is 3. The molecule has 2 aromatic rings. The van der Waals surface area contributed by atoms with E-state index in [0.717, 1.165) is 26.7 Å². The minimum absolute atomic E-state index is 0.00165. The van der Waals surface area contributed by atoms with E-state index in [4.69, 9.17) is 9.47 Å². The van der Waals surface area contributed by atoms with Gasteiger partial charge in [0.25, 0.3) is 0 Å². The Kier molecular flexibility index (Phi) is 6.30. The van der Waals surface area contributed by atoms with Crippen molar-refractivity contribution in [2.24, 2.45) is 0 Å². The third-order valence-electron chi connectivity index (χ3n) is 4.54. The molecule has 8 nitrogen and oxygen atoms in total. The number of benzene rings is 1. The SMILES string of the molecule is O=C(CSc1nc2ccc(NC(=O)N3CCOCC3)cc2s1)N[C@@H]1CCOC1. The second-order valence-corrected chi connectivity index (χ2v) is 8.86. The van der Waals surface area contributed by atoms with Crippen molar-refractivity contribution in [2.45, 2.75) is 16.8 Å². The largest absolute Gasteiger partial charge is 0.379 e. The molecule has 3 amide bonds.